The van der Waals surface area contributed by atoms with Crippen LogP contribution in [0.3, 0.4) is 0 Å². The van der Waals surface area contributed by atoms with Crippen LogP contribution >= 0.6 is 0 Å². The zero-order valence-corrected chi connectivity index (χ0v) is 5.80. The Morgan fingerprint density at radius 1 is 1.50 bits per heavy atom. The fourth-order valence-corrected chi connectivity index (χ4v) is 1.80. The van der Waals surface area contributed by atoms with E-state index in [2.05, 4.69) is 5.32 Å². The van der Waals surface area contributed by atoms with Gasteiger partial charge in [-0.15, -0.1) is 0 Å². The van der Waals surface area contributed by atoms with E-state index in [1.54, 1.807) is 0 Å². The fourth-order valence-electron chi connectivity index (χ4n) is 1.80. The van der Waals surface area contributed by atoms with Gasteiger partial charge in [0.1, 0.15) is 0 Å². The van der Waals surface area contributed by atoms with Gasteiger partial charge in [-0.05, 0) is 12.8 Å². The van der Waals surface area contributed by atoms with Crippen LogP contribution in [0.1, 0.15) is 19.3 Å². The van der Waals surface area contributed by atoms with E-state index in [1.165, 1.54) is 12.8 Å². The molecule has 0 aromatic rings. The Labute approximate surface area is 59.7 Å². The molecule has 10 heavy (non-hydrogen) atoms. The first-order chi connectivity index (χ1) is 4.86. The van der Waals surface area contributed by atoms with Crippen LogP contribution in [0.2, 0.25) is 0 Å². The van der Waals surface area contributed by atoms with E-state index < -0.39 is 0 Å². The molecule has 1 aliphatic carbocycles. The standard InChI is InChI=1S/C7H11NO2/c9-7-8-6-3-1-2-5(6)4-10-7/h5-6H,1-4H2,(H,8,9). The van der Waals surface area contributed by atoms with Gasteiger partial charge in [0.25, 0.3) is 0 Å². The molecule has 2 atom stereocenters. The summed E-state index contributed by atoms with van der Waals surface area (Å²) in [6.07, 6.45) is 3.35. The summed E-state index contributed by atoms with van der Waals surface area (Å²) >= 11 is 0. The number of carbonyl (C=O) groups is 1. The average molecular weight is 141 g/mol. The van der Waals surface area contributed by atoms with E-state index in [1.807, 2.05) is 0 Å². The molecule has 0 bridgehead atoms. The lowest BCUT2D eigenvalue weighted by molar-refractivity contribution is 0.0901. The quantitative estimate of drug-likeness (QED) is 0.544. The number of amides is 1. The highest BCUT2D eigenvalue weighted by Crippen LogP contribution is 2.27. The molecule has 0 spiro atoms. The van der Waals surface area contributed by atoms with Crippen molar-refractivity contribution in [1.82, 2.24) is 5.32 Å². The minimum absolute atomic E-state index is 0.233. The molecule has 2 aliphatic rings. The molecule has 1 N–H and O–H groups in total. The van der Waals surface area contributed by atoms with Crippen LogP contribution in [0, 0.1) is 5.92 Å². The Morgan fingerprint density at radius 2 is 2.40 bits per heavy atom. The molecule has 1 saturated carbocycles. The molecule has 2 rings (SSSR count). The summed E-state index contributed by atoms with van der Waals surface area (Å²) in [5.74, 6) is 0.595. The van der Waals surface area contributed by atoms with Crippen molar-refractivity contribution < 1.29 is 9.53 Å². The molecule has 0 aromatic carbocycles. The maximum Gasteiger partial charge on any atom is 0.407 e. The monoisotopic (exact) mass is 141 g/mol. The third-order valence-corrected chi connectivity index (χ3v) is 2.39. The zero-order chi connectivity index (χ0) is 6.97. The number of carbonyl (C=O) groups excluding carboxylic acids is 1. The van der Waals surface area contributed by atoms with Gasteiger partial charge < -0.3 is 10.1 Å². The van der Waals surface area contributed by atoms with Crippen LogP contribution < -0.4 is 5.32 Å². The molecular formula is C7H11NO2. The third kappa shape index (κ3) is 0.856. The summed E-state index contributed by atoms with van der Waals surface area (Å²) in [5.41, 5.74) is 0. The van der Waals surface area contributed by atoms with Gasteiger partial charge in [0.2, 0.25) is 0 Å². The van der Waals surface area contributed by atoms with Crippen molar-refractivity contribution in [2.24, 2.45) is 5.92 Å². The van der Waals surface area contributed by atoms with Crippen molar-refractivity contribution in [1.29, 1.82) is 0 Å². The van der Waals surface area contributed by atoms with Crippen LogP contribution in [-0.2, 0) is 4.74 Å². The molecule has 3 nitrogen and oxygen atoms in total. The van der Waals surface area contributed by atoms with Gasteiger partial charge in [0, 0.05) is 12.0 Å². The van der Waals surface area contributed by atoms with Crippen LogP contribution in [0.15, 0.2) is 0 Å². The minimum Gasteiger partial charge on any atom is -0.449 e. The van der Waals surface area contributed by atoms with Gasteiger partial charge in [0.05, 0.1) is 6.61 Å². The highest BCUT2D eigenvalue weighted by Gasteiger charge is 2.33. The van der Waals surface area contributed by atoms with Crippen LogP contribution in [0.4, 0.5) is 4.79 Å². The SMILES string of the molecule is O=C1NC2CCCC2CO1. The number of alkyl carbamates (subject to hydrolysis) is 1. The molecule has 1 heterocycles. The first kappa shape index (κ1) is 6.01. The molecule has 2 unspecified atom stereocenters. The first-order valence-electron chi connectivity index (χ1n) is 3.79. The summed E-state index contributed by atoms with van der Waals surface area (Å²) in [6, 6.07) is 0.418. The van der Waals surface area contributed by atoms with Gasteiger partial charge in [-0.25, -0.2) is 4.79 Å². The molecule has 0 radical (unpaired) electrons. The Hall–Kier alpha value is -0.730. The van der Waals surface area contributed by atoms with Gasteiger partial charge in [-0.1, -0.05) is 6.42 Å². The number of rotatable bonds is 0. The lowest BCUT2D eigenvalue weighted by Crippen LogP contribution is -2.44. The molecular weight excluding hydrogens is 130 g/mol. The topological polar surface area (TPSA) is 38.3 Å². The predicted octanol–water partition coefficient (Wildman–Crippen LogP) is 0.895. The van der Waals surface area contributed by atoms with Gasteiger partial charge >= 0.3 is 6.09 Å². The van der Waals surface area contributed by atoms with E-state index >= 15 is 0 Å². The molecule has 1 aliphatic heterocycles. The van der Waals surface area contributed by atoms with E-state index in [4.69, 9.17) is 4.74 Å². The molecule has 2 fully saturated rings. The lowest BCUT2D eigenvalue weighted by atomic mass is 10.0. The fraction of sp³-hybridized carbons (Fsp3) is 0.857. The number of nitrogens with one attached hydrogen (secondary N) is 1. The Balaban J connectivity index is 2.03. The summed E-state index contributed by atoms with van der Waals surface area (Å²) in [6.45, 7) is 0.635. The van der Waals surface area contributed by atoms with Gasteiger partial charge in [-0.3, -0.25) is 0 Å². The van der Waals surface area contributed by atoms with Crippen LogP contribution in [0.5, 0.6) is 0 Å². The second-order valence-electron chi connectivity index (χ2n) is 3.04. The number of fused-ring (bicyclic) bond motifs is 1. The average Bonchev–Trinajstić information content (AvgIpc) is 2.33. The van der Waals surface area contributed by atoms with Crippen molar-refractivity contribution in [3.8, 4) is 0 Å². The van der Waals surface area contributed by atoms with Gasteiger partial charge in [0.15, 0.2) is 0 Å². The molecule has 0 aromatic heterocycles. The van der Waals surface area contributed by atoms with E-state index in [0.717, 1.165) is 6.42 Å². The largest absolute Gasteiger partial charge is 0.449 e. The minimum atomic E-state index is -0.233. The first-order valence-corrected chi connectivity index (χ1v) is 3.79. The van der Waals surface area contributed by atoms with Gasteiger partial charge in [-0.2, -0.15) is 0 Å². The Bertz CT molecular complexity index is 158. The van der Waals surface area contributed by atoms with E-state index in [-0.39, 0.29) is 6.09 Å². The smallest absolute Gasteiger partial charge is 0.407 e. The highest BCUT2D eigenvalue weighted by molar-refractivity contribution is 5.68. The molecule has 3 heteroatoms. The van der Waals surface area contributed by atoms with Crippen molar-refractivity contribution in [3.05, 3.63) is 0 Å². The van der Waals surface area contributed by atoms with Crippen molar-refractivity contribution in [2.75, 3.05) is 6.61 Å². The lowest BCUT2D eigenvalue weighted by Gasteiger charge is -2.25. The maximum atomic E-state index is 10.7. The molecule has 1 amide bonds. The third-order valence-electron chi connectivity index (χ3n) is 2.39. The summed E-state index contributed by atoms with van der Waals surface area (Å²) in [5, 5.41) is 2.82. The highest BCUT2D eigenvalue weighted by atomic mass is 16.6. The predicted molar refractivity (Wildman–Crippen MR) is 35.6 cm³/mol. The number of ether oxygens (including phenoxy) is 1. The second kappa shape index (κ2) is 2.15. The zero-order valence-electron chi connectivity index (χ0n) is 5.80. The van der Waals surface area contributed by atoms with Crippen molar-refractivity contribution in [2.45, 2.75) is 25.3 Å². The number of hydrogen-bond acceptors (Lipinski definition) is 2. The van der Waals surface area contributed by atoms with Crippen LogP contribution in [0.25, 0.3) is 0 Å². The normalized spacial score (nSPS) is 38.2. The summed E-state index contributed by atoms with van der Waals surface area (Å²) in [4.78, 5) is 10.7. The van der Waals surface area contributed by atoms with Crippen LogP contribution in [-0.4, -0.2) is 18.7 Å². The Kier molecular flexibility index (Phi) is 1.29. The molecule has 1 saturated heterocycles. The molecule has 56 valence electrons. The summed E-state index contributed by atoms with van der Waals surface area (Å²) in [7, 11) is 0. The van der Waals surface area contributed by atoms with Crippen molar-refractivity contribution >= 4 is 6.09 Å². The summed E-state index contributed by atoms with van der Waals surface area (Å²) < 4.78 is 4.84. The second-order valence-corrected chi connectivity index (χ2v) is 3.04. The van der Waals surface area contributed by atoms with E-state index in [0.29, 0.717) is 18.6 Å². The van der Waals surface area contributed by atoms with E-state index in [9.17, 15) is 4.79 Å². The maximum absolute atomic E-state index is 10.7. The van der Waals surface area contributed by atoms with Crippen molar-refractivity contribution in [3.63, 3.8) is 0 Å². The number of cyclic esters (lactones) is 1. The Morgan fingerprint density at radius 3 is 3.30 bits per heavy atom. The number of hydrogen-bond donors (Lipinski definition) is 1.